The van der Waals surface area contributed by atoms with Crippen LogP contribution in [0.1, 0.15) is 18.4 Å². The molecule has 4 nitrogen and oxygen atoms in total. The molecule has 1 aromatic rings. The van der Waals surface area contributed by atoms with Crippen molar-refractivity contribution in [1.82, 2.24) is 5.32 Å². The average molecular weight is 357 g/mol. The van der Waals surface area contributed by atoms with E-state index in [4.69, 9.17) is 4.74 Å². The molecule has 0 aromatic heterocycles. The lowest BCUT2D eigenvalue weighted by Crippen LogP contribution is -2.37. The molecule has 1 saturated carbocycles. The topological polar surface area (TPSA) is 44.7 Å². The highest BCUT2D eigenvalue weighted by atomic mass is 79.9. The van der Waals surface area contributed by atoms with Crippen molar-refractivity contribution in [2.24, 2.45) is 5.92 Å². The highest BCUT2D eigenvalue weighted by molar-refractivity contribution is 9.10. The lowest BCUT2D eigenvalue weighted by atomic mass is 9.82. The standard InChI is InChI=1S/C16H25BrN2O2/c1-19(11-12-7-15(20)8-12)14-4-3-13(16(17)9-14)10-18-5-6-21-2/h3-4,9,12,15,18,20H,5-8,10-11H2,1-2H3. The number of halogens is 1. The zero-order chi connectivity index (χ0) is 15.2. The molecule has 0 atom stereocenters. The summed E-state index contributed by atoms with van der Waals surface area (Å²) < 4.78 is 6.15. The third-order valence-electron chi connectivity index (χ3n) is 4.02. The van der Waals surface area contributed by atoms with Gasteiger partial charge in [-0.3, -0.25) is 0 Å². The molecule has 0 amide bonds. The maximum Gasteiger partial charge on any atom is 0.0587 e. The van der Waals surface area contributed by atoms with Crippen molar-refractivity contribution >= 4 is 21.6 Å². The molecule has 1 aromatic carbocycles. The molecular formula is C16H25BrN2O2. The van der Waals surface area contributed by atoms with Crippen molar-refractivity contribution in [3.8, 4) is 0 Å². The average Bonchev–Trinajstić information content (AvgIpc) is 2.43. The number of aliphatic hydroxyl groups is 1. The van der Waals surface area contributed by atoms with Gasteiger partial charge in [-0.1, -0.05) is 22.0 Å². The van der Waals surface area contributed by atoms with Crippen LogP contribution in [0.3, 0.4) is 0 Å². The van der Waals surface area contributed by atoms with Crippen LogP contribution in [0.15, 0.2) is 22.7 Å². The Bertz CT molecular complexity index is 450. The zero-order valence-electron chi connectivity index (χ0n) is 12.8. The van der Waals surface area contributed by atoms with Gasteiger partial charge in [-0.2, -0.15) is 0 Å². The van der Waals surface area contributed by atoms with Crippen LogP contribution in [-0.4, -0.2) is 45.1 Å². The van der Waals surface area contributed by atoms with E-state index < -0.39 is 0 Å². The van der Waals surface area contributed by atoms with Gasteiger partial charge in [-0.15, -0.1) is 0 Å². The Morgan fingerprint density at radius 2 is 2.19 bits per heavy atom. The van der Waals surface area contributed by atoms with E-state index in [2.05, 4.69) is 51.4 Å². The summed E-state index contributed by atoms with van der Waals surface area (Å²) in [5, 5.41) is 12.7. The highest BCUT2D eigenvalue weighted by Crippen LogP contribution is 2.30. The number of nitrogens with zero attached hydrogens (tertiary/aromatic N) is 1. The third kappa shape index (κ3) is 4.95. The molecule has 0 radical (unpaired) electrons. The van der Waals surface area contributed by atoms with Crippen LogP contribution in [0, 0.1) is 5.92 Å². The molecule has 118 valence electrons. The summed E-state index contributed by atoms with van der Waals surface area (Å²) in [6.07, 6.45) is 1.80. The van der Waals surface area contributed by atoms with Gasteiger partial charge in [0.05, 0.1) is 12.7 Å². The maximum atomic E-state index is 9.36. The second-order valence-electron chi connectivity index (χ2n) is 5.82. The van der Waals surface area contributed by atoms with Crippen LogP contribution in [0.4, 0.5) is 5.69 Å². The van der Waals surface area contributed by atoms with Crippen LogP contribution in [0.25, 0.3) is 0 Å². The fourth-order valence-corrected chi connectivity index (χ4v) is 3.16. The lowest BCUT2D eigenvalue weighted by Gasteiger charge is -2.35. The fraction of sp³-hybridized carbons (Fsp3) is 0.625. The first-order valence-electron chi connectivity index (χ1n) is 7.47. The minimum Gasteiger partial charge on any atom is -0.393 e. The molecule has 0 bridgehead atoms. The second kappa shape index (κ2) is 8.13. The van der Waals surface area contributed by atoms with E-state index in [1.165, 1.54) is 11.3 Å². The van der Waals surface area contributed by atoms with Crippen molar-refractivity contribution in [1.29, 1.82) is 0 Å². The number of ether oxygens (including phenoxy) is 1. The largest absolute Gasteiger partial charge is 0.393 e. The molecule has 5 heteroatoms. The van der Waals surface area contributed by atoms with Gasteiger partial charge < -0.3 is 20.1 Å². The first kappa shape index (κ1) is 16.7. The van der Waals surface area contributed by atoms with E-state index >= 15 is 0 Å². The number of aliphatic hydroxyl groups excluding tert-OH is 1. The molecule has 2 N–H and O–H groups in total. The van der Waals surface area contributed by atoms with Crippen LogP contribution < -0.4 is 10.2 Å². The summed E-state index contributed by atoms with van der Waals surface area (Å²) in [6, 6.07) is 6.49. The molecular weight excluding hydrogens is 332 g/mol. The minimum atomic E-state index is -0.0734. The minimum absolute atomic E-state index is 0.0734. The van der Waals surface area contributed by atoms with Crippen LogP contribution in [0.2, 0.25) is 0 Å². The summed E-state index contributed by atoms with van der Waals surface area (Å²) in [5.41, 5.74) is 2.46. The predicted octanol–water partition coefficient (Wildman–Crippen LogP) is 2.39. The number of nitrogens with one attached hydrogen (secondary N) is 1. The highest BCUT2D eigenvalue weighted by Gasteiger charge is 2.28. The van der Waals surface area contributed by atoms with Crippen molar-refractivity contribution in [3.05, 3.63) is 28.2 Å². The molecule has 0 saturated heterocycles. The maximum absolute atomic E-state index is 9.36. The monoisotopic (exact) mass is 356 g/mol. The Morgan fingerprint density at radius 3 is 2.81 bits per heavy atom. The van der Waals surface area contributed by atoms with Crippen molar-refractivity contribution in [3.63, 3.8) is 0 Å². The molecule has 0 unspecified atom stereocenters. The van der Waals surface area contributed by atoms with Gasteiger partial charge in [-0.25, -0.2) is 0 Å². The summed E-state index contributed by atoms with van der Waals surface area (Å²) in [6.45, 7) is 3.43. The van der Waals surface area contributed by atoms with Crippen molar-refractivity contribution in [2.75, 3.05) is 38.8 Å². The summed E-state index contributed by atoms with van der Waals surface area (Å²) >= 11 is 3.65. The van der Waals surface area contributed by atoms with Crippen molar-refractivity contribution < 1.29 is 9.84 Å². The van der Waals surface area contributed by atoms with E-state index in [0.717, 1.165) is 43.6 Å². The fourth-order valence-electron chi connectivity index (χ4n) is 2.66. The van der Waals surface area contributed by atoms with Gasteiger partial charge in [0.2, 0.25) is 0 Å². The van der Waals surface area contributed by atoms with Crippen LogP contribution in [0.5, 0.6) is 0 Å². The Hall–Kier alpha value is -0.620. The summed E-state index contributed by atoms with van der Waals surface area (Å²) in [5.74, 6) is 0.624. The first-order valence-corrected chi connectivity index (χ1v) is 8.26. The lowest BCUT2D eigenvalue weighted by molar-refractivity contribution is 0.0465. The quantitative estimate of drug-likeness (QED) is 0.702. The van der Waals surface area contributed by atoms with Gasteiger partial charge in [0.1, 0.15) is 0 Å². The van der Waals surface area contributed by atoms with E-state index in [1.807, 2.05) is 0 Å². The molecule has 1 fully saturated rings. The van der Waals surface area contributed by atoms with Gasteiger partial charge in [0, 0.05) is 44.0 Å². The molecule has 21 heavy (non-hydrogen) atoms. The molecule has 1 aliphatic rings. The Labute approximate surface area is 135 Å². The molecule has 2 rings (SSSR count). The number of hydrogen-bond donors (Lipinski definition) is 2. The first-order chi connectivity index (χ1) is 10.1. The van der Waals surface area contributed by atoms with Gasteiger partial charge >= 0.3 is 0 Å². The number of methoxy groups -OCH3 is 1. The molecule has 0 spiro atoms. The molecule has 1 aliphatic carbocycles. The molecule has 0 heterocycles. The SMILES string of the molecule is COCCNCc1ccc(N(C)CC2CC(O)C2)cc1Br. The summed E-state index contributed by atoms with van der Waals surface area (Å²) in [4.78, 5) is 2.27. The van der Waals surface area contributed by atoms with Crippen LogP contribution in [-0.2, 0) is 11.3 Å². The third-order valence-corrected chi connectivity index (χ3v) is 4.76. The second-order valence-corrected chi connectivity index (χ2v) is 6.67. The van der Waals surface area contributed by atoms with Gasteiger partial charge in [0.25, 0.3) is 0 Å². The van der Waals surface area contributed by atoms with E-state index in [9.17, 15) is 5.11 Å². The smallest absolute Gasteiger partial charge is 0.0587 e. The van der Waals surface area contributed by atoms with Gasteiger partial charge in [-0.05, 0) is 36.5 Å². The van der Waals surface area contributed by atoms with Crippen molar-refractivity contribution in [2.45, 2.75) is 25.5 Å². The van der Waals surface area contributed by atoms with Crippen LogP contribution >= 0.6 is 15.9 Å². The predicted molar refractivity (Wildman–Crippen MR) is 89.7 cm³/mol. The zero-order valence-corrected chi connectivity index (χ0v) is 14.4. The molecule has 0 aliphatic heterocycles. The van der Waals surface area contributed by atoms with Gasteiger partial charge in [0.15, 0.2) is 0 Å². The Balaban J connectivity index is 1.85. The Morgan fingerprint density at radius 1 is 1.43 bits per heavy atom. The number of rotatable bonds is 8. The van der Waals surface area contributed by atoms with E-state index in [1.54, 1.807) is 7.11 Å². The van der Waals surface area contributed by atoms with E-state index in [-0.39, 0.29) is 6.10 Å². The number of hydrogen-bond acceptors (Lipinski definition) is 4. The number of benzene rings is 1. The van der Waals surface area contributed by atoms with E-state index in [0.29, 0.717) is 5.92 Å². The Kier molecular flexibility index (Phi) is 6.48. The summed E-state index contributed by atoms with van der Waals surface area (Å²) in [7, 11) is 3.83. The normalized spacial score (nSPS) is 21.1. The number of anilines is 1.